The number of fused-ring (bicyclic) bond motifs is 4. The molecule has 3 aliphatic rings. The fourth-order valence-corrected chi connectivity index (χ4v) is 5.02. The number of aliphatic hydroxyl groups is 1. The van der Waals surface area contributed by atoms with Crippen LogP contribution in [0.15, 0.2) is 17.1 Å². The molecule has 0 saturated heterocycles. The first-order valence-corrected chi connectivity index (χ1v) is 9.47. The summed E-state index contributed by atoms with van der Waals surface area (Å²) >= 11 is 0. The van der Waals surface area contributed by atoms with Crippen molar-refractivity contribution in [1.82, 2.24) is 14.9 Å². The number of aryl methyl sites for hydroxylation is 1. The predicted octanol–water partition coefficient (Wildman–Crippen LogP) is 2.72. The molecule has 1 saturated carbocycles. The van der Waals surface area contributed by atoms with Crippen LogP contribution in [0.2, 0.25) is 0 Å². The van der Waals surface area contributed by atoms with Crippen molar-refractivity contribution in [1.29, 1.82) is 0 Å². The Hall–Kier alpha value is -2.18. The van der Waals surface area contributed by atoms with Crippen LogP contribution in [0, 0.1) is 13.8 Å². The SMILES string of the molecule is Cc1cc2c(cn1)Cc1c(C)c3n(c(=O)c1N2)C1(CCCCC1)NC3O. The number of pyridine rings is 2. The van der Waals surface area contributed by atoms with Crippen molar-refractivity contribution >= 4 is 11.4 Å². The van der Waals surface area contributed by atoms with Crippen LogP contribution in [0.5, 0.6) is 0 Å². The highest BCUT2D eigenvalue weighted by atomic mass is 16.3. The van der Waals surface area contributed by atoms with Gasteiger partial charge < -0.3 is 10.4 Å². The highest BCUT2D eigenvalue weighted by molar-refractivity contribution is 5.72. The van der Waals surface area contributed by atoms with E-state index in [-0.39, 0.29) is 5.56 Å². The second-order valence-corrected chi connectivity index (χ2v) is 7.93. The quantitative estimate of drug-likeness (QED) is 0.580. The first-order valence-electron chi connectivity index (χ1n) is 9.47. The van der Waals surface area contributed by atoms with Crippen molar-refractivity contribution in [2.24, 2.45) is 0 Å². The van der Waals surface area contributed by atoms with Gasteiger partial charge in [-0.1, -0.05) is 6.42 Å². The number of nitrogens with one attached hydrogen (secondary N) is 2. The van der Waals surface area contributed by atoms with Crippen molar-refractivity contribution in [2.75, 3.05) is 5.32 Å². The van der Waals surface area contributed by atoms with Gasteiger partial charge >= 0.3 is 0 Å². The first kappa shape index (κ1) is 16.0. The summed E-state index contributed by atoms with van der Waals surface area (Å²) in [7, 11) is 0. The maximum atomic E-state index is 13.5. The minimum Gasteiger partial charge on any atom is -0.373 e. The average molecular weight is 352 g/mol. The average Bonchev–Trinajstić information content (AvgIpc) is 2.91. The van der Waals surface area contributed by atoms with Crippen molar-refractivity contribution in [3.05, 3.63) is 50.7 Å². The highest BCUT2D eigenvalue weighted by Crippen LogP contribution is 2.43. The number of aromatic nitrogens is 2. The van der Waals surface area contributed by atoms with Crippen LogP contribution in [0.4, 0.5) is 11.4 Å². The van der Waals surface area contributed by atoms with Crippen molar-refractivity contribution in [2.45, 2.75) is 64.3 Å². The van der Waals surface area contributed by atoms with E-state index in [1.165, 1.54) is 6.42 Å². The molecule has 1 atom stereocenters. The second-order valence-electron chi connectivity index (χ2n) is 7.93. The summed E-state index contributed by atoms with van der Waals surface area (Å²) in [5.41, 5.74) is 5.89. The topological polar surface area (TPSA) is 79.2 Å². The minimum atomic E-state index is -0.788. The molecule has 26 heavy (non-hydrogen) atoms. The Morgan fingerprint density at radius 2 is 2.04 bits per heavy atom. The Balaban J connectivity index is 1.73. The molecule has 6 nitrogen and oxygen atoms in total. The Kier molecular flexibility index (Phi) is 3.33. The maximum Gasteiger partial charge on any atom is 0.276 e. The molecule has 0 bridgehead atoms. The van der Waals surface area contributed by atoms with E-state index in [1.807, 2.05) is 30.7 Å². The van der Waals surface area contributed by atoms with Gasteiger partial charge in [0.15, 0.2) is 0 Å². The van der Waals surface area contributed by atoms with Gasteiger partial charge in [0.25, 0.3) is 5.56 Å². The minimum absolute atomic E-state index is 0.0216. The van der Waals surface area contributed by atoms with Crippen LogP contribution < -0.4 is 16.2 Å². The van der Waals surface area contributed by atoms with Gasteiger partial charge in [-0.3, -0.25) is 19.7 Å². The van der Waals surface area contributed by atoms with Crippen molar-refractivity contribution < 1.29 is 5.11 Å². The normalized spacial score (nSPS) is 22.5. The third-order valence-corrected chi connectivity index (χ3v) is 6.32. The number of hydrogen-bond donors (Lipinski definition) is 3. The molecule has 0 aromatic carbocycles. The van der Waals surface area contributed by atoms with Gasteiger partial charge in [-0.25, -0.2) is 0 Å². The fraction of sp³-hybridized carbons (Fsp3) is 0.500. The van der Waals surface area contributed by atoms with Crippen LogP contribution in [0.3, 0.4) is 0 Å². The van der Waals surface area contributed by atoms with Crippen molar-refractivity contribution in [3.8, 4) is 0 Å². The number of anilines is 2. The molecule has 2 aliphatic heterocycles. The lowest BCUT2D eigenvalue weighted by Crippen LogP contribution is -2.48. The predicted molar refractivity (Wildman–Crippen MR) is 99.7 cm³/mol. The Morgan fingerprint density at radius 3 is 2.81 bits per heavy atom. The first-order chi connectivity index (χ1) is 12.5. The zero-order chi connectivity index (χ0) is 18.1. The molecular formula is C20H24N4O2. The lowest BCUT2D eigenvalue weighted by molar-refractivity contribution is 0.0786. The molecule has 1 spiro atoms. The zero-order valence-corrected chi connectivity index (χ0v) is 15.2. The second kappa shape index (κ2) is 5.41. The van der Waals surface area contributed by atoms with E-state index < -0.39 is 11.9 Å². The summed E-state index contributed by atoms with van der Waals surface area (Å²) < 4.78 is 1.86. The Bertz CT molecular complexity index is 973. The van der Waals surface area contributed by atoms with Crippen LogP contribution in [0.1, 0.15) is 66.4 Å². The van der Waals surface area contributed by atoms with E-state index in [0.29, 0.717) is 12.1 Å². The van der Waals surface area contributed by atoms with Gasteiger partial charge in [0.1, 0.15) is 17.6 Å². The van der Waals surface area contributed by atoms with Gasteiger partial charge in [-0.2, -0.15) is 0 Å². The van der Waals surface area contributed by atoms with E-state index in [0.717, 1.165) is 59.4 Å². The number of rotatable bonds is 0. The zero-order valence-electron chi connectivity index (χ0n) is 15.2. The van der Waals surface area contributed by atoms with E-state index >= 15 is 0 Å². The summed E-state index contributed by atoms with van der Waals surface area (Å²) in [5.74, 6) is 0. The summed E-state index contributed by atoms with van der Waals surface area (Å²) in [6.07, 6.45) is 6.85. The van der Waals surface area contributed by atoms with Crippen LogP contribution >= 0.6 is 0 Å². The standard InChI is InChI=1S/C20H24N4O2/c1-11-8-15-13(10-21-11)9-14-12(2)17-18(25)23-20(6-4-3-5-7-20)24(17)19(26)16(14)22-15/h8,10,18,22-23,25H,3-7,9H2,1-2H3. The number of nitrogens with zero attached hydrogens (tertiary/aromatic N) is 2. The molecule has 1 unspecified atom stereocenters. The Labute approximate surface area is 152 Å². The van der Waals surface area contributed by atoms with Crippen LogP contribution in [-0.2, 0) is 12.1 Å². The molecule has 3 N–H and O–H groups in total. The molecular weight excluding hydrogens is 328 g/mol. The summed E-state index contributed by atoms with van der Waals surface area (Å²) in [6, 6.07) is 1.99. The molecule has 136 valence electrons. The van der Waals surface area contributed by atoms with Gasteiger partial charge in [0.2, 0.25) is 0 Å². The molecule has 2 aromatic heterocycles. The largest absolute Gasteiger partial charge is 0.373 e. The lowest BCUT2D eigenvalue weighted by Gasteiger charge is -2.36. The Morgan fingerprint density at radius 1 is 1.27 bits per heavy atom. The van der Waals surface area contributed by atoms with E-state index in [2.05, 4.69) is 15.6 Å². The third-order valence-electron chi connectivity index (χ3n) is 6.32. The number of hydrogen-bond acceptors (Lipinski definition) is 5. The molecule has 1 aliphatic carbocycles. The molecule has 4 heterocycles. The molecule has 1 fully saturated rings. The van der Waals surface area contributed by atoms with E-state index in [1.54, 1.807) is 0 Å². The highest BCUT2D eigenvalue weighted by Gasteiger charge is 2.46. The molecule has 6 heteroatoms. The van der Waals surface area contributed by atoms with Gasteiger partial charge in [-0.05, 0) is 62.3 Å². The van der Waals surface area contributed by atoms with Gasteiger partial charge in [0.05, 0.1) is 5.69 Å². The summed E-state index contributed by atoms with van der Waals surface area (Å²) in [4.78, 5) is 17.9. The van der Waals surface area contributed by atoms with E-state index in [9.17, 15) is 9.90 Å². The smallest absolute Gasteiger partial charge is 0.276 e. The van der Waals surface area contributed by atoms with Gasteiger partial charge in [-0.15, -0.1) is 0 Å². The fourth-order valence-electron chi connectivity index (χ4n) is 5.02. The molecule has 0 radical (unpaired) electrons. The maximum absolute atomic E-state index is 13.5. The monoisotopic (exact) mass is 352 g/mol. The number of aliphatic hydroxyl groups excluding tert-OH is 1. The third kappa shape index (κ3) is 2.06. The summed E-state index contributed by atoms with van der Waals surface area (Å²) in [5, 5.41) is 17.5. The van der Waals surface area contributed by atoms with Crippen LogP contribution in [0.25, 0.3) is 0 Å². The molecule has 0 amide bonds. The van der Waals surface area contributed by atoms with Crippen LogP contribution in [-0.4, -0.2) is 14.7 Å². The summed E-state index contributed by atoms with van der Waals surface area (Å²) in [6.45, 7) is 3.97. The van der Waals surface area contributed by atoms with Crippen molar-refractivity contribution in [3.63, 3.8) is 0 Å². The molecule has 5 rings (SSSR count). The van der Waals surface area contributed by atoms with Gasteiger partial charge in [0, 0.05) is 24.0 Å². The van der Waals surface area contributed by atoms with E-state index in [4.69, 9.17) is 0 Å². The molecule has 2 aromatic rings. The lowest BCUT2D eigenvalue weighted by atomic mass is 9.88.